The first-order chi connectivity index (χ1) is 12.1. The molecule has 3 rings (SSSR count). The first-order valence-corrected chi connectivity index (χ1v) is 8.37. The Morgan fingerprint density at radius 3 is 2.44 bits per heavy atom. The molecule has 7 heteroatoms. The third-order valence-electron chi connectivity index (χ3n) is 4.32. The lowest BCUT2D eigenvalue weighted by molar-refractivity contribution is 0.312. The minimum Gasteiger partial charge on any atom is -0.497 e. The molecule has 0 bridgehead atoms. The molecule has 134 valence electrons. The molecule has 1 fully saturated rings. The molecule has 2 aromatic rings. The number of ether oxygens (including phenoxy) is 2. The van der Waals surface area contributed by atoms with Crippen molar-refractivity contribution in [3.8, 4) is 11.5 Å². The zero-order chi connectivity index (χ0) is 17.8. The van der Waals surface area contributed by atoms with Crippen LogP contribution in [0.1, 0.15) is 5.82 Å². The highest BCUT2D eigenvalue weighted by atomic mass is 16.5. The summed E-state index contributed by atoms with van der Waals surface area (Å²) in [6.45, 7) is 5.93. The van der Waals surface area contributed by atoms with E-state index >= 15 is 0 Å². The van der Waals surface area contributed by atoms with E-state index in [1.165, 1.54) is 0 Å². The number of anilines is 3. The van der Waals surface area contributed by atoms with Gasteiger partial charge in [0, 0.05) is 38.3 Å². The van der Waals surface area contributed by atoms with Crippen LogP contribution in [0.5, 0.6) is 11.5 Å². The average Bonchev–Trinajstić information content (AvgIpc) is 2.62. The number of benzene rings is 1. The Hall–Kier alpha value is -2.54. The predicted octanol–water partition coefficient (Wildman–Crippen LogP) is 2.30. The number of hydrogen-bond donors (Lipinski definition) is 1. The van der Waals surface area contributed by atoms with Crippen molar-refractivity contribution in [3.05, 3.63) is 30.1 Å². The summed E-state index contributed by atoms with van der Waals surface area (Å²) in [5, 5.41) is 3.34. The zero-order valence-corrected chi connectivity index (χ0v) is 15.2. The van der Waals surface area contributed by atoms with Gasteiger partial charge in [-0.25, -0.2) is 9.97 Å². The van der Waals surface area contributed by atoms with Crippen molar-refractivity contribution < 1.29 is 9.47 Å². The minimum atomic E-state index is 0.705. The Labute approximate surface area is 148 Å². The lowest BCUT2D eigenvalue weighted by atomic mass is 10.2. The largest absolute Gasteiger partial charge is 0.497 e. The van der Waals surface area contributed by atoms with E-state index in [0.717, 1.165) is 55.1 Å². The van der Waals surface area contributed by atoms with Crippen molar-refractivity contribution >= 4 is 17.3 Å². The third-order valence-corrected chi connectivity index (χ3v) is 4.32. The van der Waals surface area contributed by atoms with Gasteiger partial charge in [0.25, 0.3) is 0 Å². The van der Waals surface area contributed by atoms with E-state index in [4.69, 9.17) is 9.47 Å². The van der Waals surface area contributed by atoms with Gasteiger partial charge in [0.05, 0.1) is 19.9 Å². The van der Waals surface area contributed by atoms with Crippen LogP contribution in [0.3, 0.4) is 0 Å². The lowest BCUT2D eigenvalue weighted by Crippen LogP contribution is -2.44. The molecular formula is C18H25N5O2. The van der Waals surface area contributed by atoms with E-state index in [-0.39, 0.29) is 0 Å². The van der Waals surface area contributed by atoms with Gasteiger partial charge < -0.3 is 24.6 Å². The number of hydrogen-bond acceptors (Lipinski definition) is 7. The number of nitrogens with one attached hydrogen (secondary N) is 1. The lowest BCUT2D eigenvalue weighted by Gasteiger charge is -2.33. The topological polar surface area (TPSA) is 62.8 Å². The van der Waals surface area contributed by atoms with Crippen molar-refractivity contribution in [2.24, 2.45) is 0 Å². The summed E-state index contributed by atoms with van der Waals surface area (Å²) in [6.07, 6.45) is 0. The van der Waals surface area contributed by atoms with Crippen molar-refractivity contribution in [3.63, 3.8) is 0 Å². The van der Waals surface area contributed by atoms with Crippen molar-refractivity contribution in [1.82, 2.24) is 14.9 Å². The SMILES string of the molecule is COc1ccc(Nc2cc(N3CCN(C)CC3)nc(C)n2)c(OC)c1. The fraction of sp³-hybridized carbons (Fsp3) is 0.444. The monoisotopic (exact) mass is 343 g/mol. The van der Waals surface area contributed by atoms with E-state index in [0.29, 0.717) is 5.75 Å². The molecule has 0 radical (unpaired) electrons. The van der Waals surface area contributed by atoms with E-state index in [2.05, 4.69) is 32.1 Å². The molecule has 1 aliphatic rings. The highest BCUT2D eigenvalue weighted by molar-refractivity contribution is 5.67. The molecule has 25 heavy (non-hydrogen) atoms. The number of piperazine rings is 1. The average molecular weight is 343 g/mol. The van der Waals surface area contributed by atoms with Gasteiger partial charge >= 0.3 is 0 Å². The van der Waals surface area contributed by atoms with Crippen LogP contribution in [-0.4, -0.2) is 62.3 Å². The molecule has 2 heterocycles. The predicted molar refractivity (Wildman–Crippen MR) is 99.3 cm³/mol. The van der Waals surface area contributed by atoms with E-state index in [1.807, 2.05) is 31.2 Å². The van der Waals surface area contributed by atoms with Gasteiger partial charge in [-0.2, -0.15) is 0 Å². The smallest absolute Gasteiger partial charge is 0.146 e. The third kappa shape index (κ3) is 4.11. The second-order valence-corrected chi connectivity index (χ2v) is 6.14. The standard InChI is InChI=1S/C18H25N5O2/c1-13-19-17(12-18(20-13)23-9-7-22(2)8-10-23)21-15-6-5-14(24-3)11-16(15)25-4/h5-6,11-12H,7-10H2,1-4H3,(H,19,20,21). The molecule has 0 saturated carbocycles. The van der Waals surface area contributed by atoms with Crippen molar-refractivity contribution in [1.29, 1.82) is 0 Å². The summed E-state index contributed by atoms with van der Waals surface area (Å²) in [6, 6.07) is 7.64. The zero-order valence-electron chi connectivity index (χ0n) is 15.2. The Bertz CT molecular complexity index is 729. The fourth-order valence-corrected chi connectivity index (χ4v) is 2.85. The molecule has 0 amide bonds. The van der Waals surface area contributed by atoms with Crippen molar-refractivity contribution in [2.75, 3.05) is 57.7 Å². The number of likely N-dealkylation sites (N-methyl/N-ethyl adjacent to an activating group) is 1. The van der Waals surface area contributed by atoms with Gasteiger partial charge in [0.1, 0.15) is 29.0 Å². The normalized spacial score (nSPS) is 15.1. The molecular weight excluding hydrogens is 318 g/mol. The van der Waals surface area contributed by atoms with Crippen LogP contribution in [-0.2, 0) is 0 Å². The van der Waals surface area contributed by atoms with Crippen LogP contribution in [0, 0.1) is 6.92 Å². The highest BCUT2D eigenvalue weighted by Crippen LogP contribution is 2.31. The molecule has 1 aromatic carbocycles. The Balaban J connectivity index is 1.83. The highest BCUT2D eigenvalue weighted by Gasteiger charge is 2.17. The quantitative estimate of drug-likeness (QED) is 0.894. The maximum atomic E-state index is 5.45. The van der Waals surface area contributed by atoms with E-state index in [9.17, 15) is 0 Å². The van der Waals surface area contributed by atoms with Gasteiger partial charge in [-0.15, -0.1) is 0 Å². The summed E-state index contributed by atoms with van der Waals surface area (Å²) in [5.74, 6) is 3.91. The number of aromatic nitrogens is 2. The molecule has 1 saturated heterocycles. The van der Waals surface area contributed by atoms with Gasteiger partial charge in [-0.1, -0.05) is 0 Å². The molecule has 1 aliphatic heterocycles. The van der Waals surface area contributed by atoms with Gasteiger partial charge in [-0.3, -0.25) is 0 Å². The number of aryl methyl sites for hydroxylation is 1. The summed E-state index contributed by atoms with van der Waals surface area (Å²) in [7, 11) is 5.42. The van der Waals surface area contributed by atoms with E-state index in [1.54, 1.807) is 14.2 Å². The Morgan fingerprint density at radius 1 is 1.00 bits per heavy atom. The first-order valence-electron chi connectivity index (χ1n) is 8.37. The van der Waals surface area contributed by atoms with Crippen LogP contribution in [0.2, 0.25) is 0 Å². The first kappa shape index (κ1) is 17.3. The molecule has 0 spiro atoms. The Kier molecular flexibility index (Phi) is 5.23. The van der Waals surface area contributed by atoms with Crippen LogP contribution in [0.4, 0.5) is 17.3 Å². The summed E-state index contributed by atoms with van der Waals surface area (Å²) in [4.78, 5) is 13.7. The van der Waals surface area contributed by atoms with Crippen molar-refractivity contribution in [2.45, 2.75) is 6.92 Å². The van der Waals surface area contributed by atoms with Crippen LogP contribution in [0.15, 0.2) is 24.3 Å². The van der Waals surface area contributed by atoms with E-state index < -0.39 is 0 Å². The second kappa shape index (κ2) is 7.57. The fourth-order valence-electron chi connectivity index (χ4n) is 2.85. The summed E-state index contributed by atoms with van der Waals surface area (Å²) < 4.78 is 10.7. The molecule has 7 nitrogen and oxygen atoms in total. The summed E-state index contributed by atoms with van der Waals surface area (Å²) >= 11 is 0. The minimum absolute atomic E-state index is 0.705. The molecule has 0 aliphatic carbocycles. The maximum Gasteiger partial charge on any atom is 0.146 e. The Morgan fingerprint density at radius 2 is 1.76 bits per heavy atom. The second-order valence-electron chi connectivity index (χ2n) is 6.14. The summed E-state index contributed by atoms with van der Waals surface area (Å²) in [5.41, 5.74) is 0.839. The van der Waals surface area contributed by atoms with Crippen LogP contribution >= 0.6 is 0 Å². The van der Waals surface area contributed by atoms with Gasteiger partial charge in [0.15, 0.2) is 0 Å². The van der Waals surface area contributed by atoms with Crippen LogP contribution < -0.4 is 19.7 Å². The van der Waals surface area contributed by atoms with Gasteiger partial charge in [-0.05, 0) is 26.1 Å². The number of rotatable bonds is 5. The number of nitrogens with zero attached hydrogens (tertiary/aromatic N) is 4. The number of methoxy groups -OCH3 is 2. The molecule has 1 aromatic heterocycles. The molecule has 1 N–H and O–H groups in total. The van der Waals surface area contributed by atoms with Gasteiger partial charge in [0.2, 0.25) is 0 Å². The molecule has 0 atom stereocenters. The molecule has 0 unspecified atom stereocenters. The maximum absolute atomic E-state index is 5.45. The van der Waals surface area contributed by atoms with Crippen LogP contribution in [0.25, 0.3) is 0 Å².